The first-order chi connectivity index (χ1) is 16.7. The highest BCUT2D eigenvalue weighted by Gasteiger charge is 2.25. The Balaban J connectivity index is 1.33. The number of hydrogen-bond donors (Lipinski definition) is 1. The van der Waals surface area contributed by atoms with Crippen LogP contribution in [0, 0.1) is 0 Å². The number of rotatable bonds is 7. The van der Waals surface area contributed by atoms with Gasteiger partial charge in [-0.05, 0) is 41.7 Å². The van der Waals surface area contributed by atoms with Crippen LogP contribution in [0.2, 0.25) is 0 Å². The van der Waals surface area contributed by atoms with Crippen molar-refractivity contribution in [3.05, 3.63) is 119 Å². The molecule has 5 rings (SSSR count). The van der Waals surface area contributed by atoms with E-state index in [0.29, 0.717) is 11.6 Å². The molecular formula is C29H29N3O2. The van der Waals surface area contributed by atoms with E-state index >= 15 is 0 Å². The first-order valence-electron chi connectivity index (χ1n) is 11.8. The average Bonchev–Trinajstić information content (AvgIpc) is 3.33. The van der Waals surface area contributed by atoms with Crippen LogP contribution in [0.25, 0.3) is 0 Å². The van der Waals surface area contributed by atoms with E-state index in [0.717, 1.165) is 42.9 Å². The van der Waals surface area contributed by atoms with Crippen LogP contribution in [0.3, 0.4) is 0 Å². The molecule has 0 aliphatic carbocycles. The van der Waals surface area contributed by atoms with Crippen molar-refractivity contribution in [3.8, 4) is 5.75 Å². The smallest absolute Gasteiger partial charge is 0.271 e. The fourth-order valence-corrected chi connectivity index (χ4v) is 4.74. The molecule has 0 fully saturated rings. The van der Waals surface area contributed by atoms with Gasteiger partial charge < -0.3 is 14.6 Å². The molecule has 0 spiro atoms. The molecule has 172 valence electrons. The summed E-state index contributed by atoms with van der Waals surface area (Å²) in [5.74, 6) is 2.09. The van der Waals surface area contributed by atoms with E-state index in [1.165, 1.54) is 11.1 Å². The van der Waals surface area contributed by atoms with Crippen molar-refractivity contribution in [1.82, 2.24) is 14.9 Å². The Morgan fingerprint density at radius 1 is 1.06 bits per heavy atom. The second kappa shape index (κ2) is 9.96. The average molecular weight is 452 g/mol. The predicted octanol–water partition coefficient (Wildman–Crippen LogP) is 5.34. The molecular weight excluding hydrogens is 422 g/mol. The molecule has 1 amide bonds. The minimum atomic E-state index is -0.135. The molecule has 0 unspecified atom stereocenters. The maximum Gasteiger partial charge on any atom is 0.271 e. The van der Waals surface area contributed by atoms with E-state index in [9.17, 15) is 4.79 Å². The number of amides is 1. The van der Waals surface area contributed by atoms with Crippen molar-refractivity contribution in [3.63, 3.8) is 0 Å². The highest BCUT2D eigenvalue weighted by molar-refractivity contribution is 5.92. The maximum atomic E-state index is 13.3. The molecule has 1 aromatic heterocycles. The van der Waals surface area contributed by atoms with Crippen molar-refractivity contribution in [2.45, 2.75) is 37.8 Å². The van der Waals surface area contributed by atoms with E-state index in [4.69, 9.17) is 9.72 Å². The zero-order valence-electron chi connectivity index (χ0n) is 19.4. The summed E-state index contributed by atoms with van der Waals surface area (Å²) in [4.78, 5) is 18.0. The molecule has 0 radical (unpaired) electrons. The lowest BCUT2D eigenvalue weighted by molar-refractivity contribution is 0.0931. The summed E-state index contributed by atoms with van der Waals surface area (Å²) in [7, 11) is 1.69. The summed E-state index contributed by atoms with van der Waals surface area (Å²) in [6.07, 6.45) is 4.48. The molecule has 1 N–H and O–H groups in total. The number of nitrogens with zero attached hydrogens (tertiary/aromatic N) is 2. The van der Waals surface area contributed by atoms with Crippen LogP contribution in [-0.4, -0.2) is 22.6 Å². The van der Waals surface area contributed by atoms with E-state index in [1.807, 2.05) is 54.7 Å². The van der Waals surface area contributed by atoms with Crippen LogP contribution < -0.4 is 10.1 Å². The van der Waals surface area contributed by atoms with Gasteiger partial charge in [-0.15, -0.1) is 0 Å². The summed E-state index contributed by atoms with van der Waals surface area (Å²) < 4.78 is 7.53. The Morgan fingerprint density at radius 2 is 1.82 bits per heavy atom. The van der Waals surface area contributed by atoms with E-state index in [-0.39, 0.29) is 11.9 Å². The molecule has 0 saturated heterocycles. The van der Waals surface area contributed by atoms with Gasteiger partial charge in [0.25, 0.3) is 5.91 Å². The lowest BCUT2D eigenvalue weighted by Crippen LogP contribution is -2.30. The van der Waals surface area contributed by atoms with Gasteiger partial charge in [-0.3, -0.25) is 4.79 Å². The van der Waals surface area contributed by atoms with Gasteiger partial charge in [-0.25, -0.2) is 4.98 Å². The Kier molecular flexibility index (Phi) is 6.43. The van der Waals surface area contributed by atoms with E-state index in [1.54, 1.807) is 7.11 Å². The fraction of sp³-hybridized carbons (Fsp3) is 0.241. The van der Waals surface area contributed by atoms with Crippen LogP contribution >= 0.6 is 0 Å². The van der Waals surface area contributed by atoms with Gasteiger partial charge in [0.1, 0.15) is 17.3 Å². The Morgan fingerprint density at radius 3 is 2.59 bits per heavy atom. The quantitative estimate of drug-likeness (QED) is 0.413. The van der Waals surface area contributed by atoms with Gasteiger partial charge in [0.2, 0.25) is 0 Å². The van der Waals surface area contributed by atoms with Crippen molar-refractivity contribution in [2.24, 2.45) is 0 Å². The zero-order valence-corrected chi connectivity index (χ0v) is 19.4. The van der Waals surface area contributed by atoms with Gasteiger partial charge in [0.05, 0.1) is 13.2 Å². The van der Waals surface area contributed by atoms with Gasteiger partial charge in [0, 0.05) is 25.1 Å². The predicted molar refractivity (Wildman–Crippen MR) is 133 cm³/mol. The number of nitrogens with one attached hydrogen (secondary N) is 1. The third-order valence-corrected chi connectivity index (χ3v) is 6.58. The Hall–Kier alpha value is -3.86. The van der Waals surface area contributed by atoms with Crippen LogP contribution in [0.5, 0.6) is 5.75 Å². The topological polar surface area (TPSA) is 56.1 Å². The number of benzene rings is 3. The molecule has 0 saturated carbocycles. The number of hydrogen-bond acceptors (Lipinski definition) is 3. The van der Waals surface area contributed by atoms with E-state index in [2.05, 4.69) is 46.3 Å². The maximum absolute atomic E-state index is 13.3. The molecule has 4 aromatic rings. The van der Waals surface area contributed by atoms with Crippen LogP contribution in [0.1, 0.15) is 51.4 Å². The van der Waals surface area contributed by atoms with Crippen molar-refractivity contribution >= 4 is 5.91 Å². The van der Waals surface area contributed by atoms with Crippen LogP contribution in [-0.2, 0) is 19.4 Å². The summed E-state index contributed by atoms with van der Waals surface area (Å²) >= 11 is 0. The van der Waals surface area contributed by atoms with E-state index < -0.39 is 0 Å². The summed E-state index contributed by atoms with van der Waals surface area (Å²) in [6.45, 7) is 0.814. The molecule has 2 heterocycles. The van der Waals surface area contributed by atoms with Crippen molar-refractivity contribution in [1.29, 1.82) is 0 Å². The largest absolute Gasteiger partial charge is 0.497 e. The zero-order chi connectivity index (χ0) is 23.3. The van der Waals surface area contributed by atoms with Gasteiger partial charge in [-0.1, -0.05) is 72.8 Å². The third kappa shape index (κ3) is 4.88. The first kappa shape index (κ1) is 22.0. The number of methoxy groups -OCH3 is 1. The molecule has 0 bridgehead atoms. The minimum Gasteiger partial charge on any atom is -0.497 e. The number of imidazole rings is 1. The second-order valence-electron chi connectivity index (χ2n) is 8.83. The summed E-state index contributed by atoms with van der Waals surface area (Å²) in [5, 5.41) is 3.23. The Labute approximate surface area is 200 Å². The van der Waals surface area contributed by atoms with Crippen molar-refractivity contribution in [2.75, 3.05) is 7.11 Å². The number of aryl methyl sites for hydroxylation is 1. The van der Waals surface area contributed by atoms with Crippen molar-refractivity contribution < 1.29 is 9.53 Å². The monoisotopic (exact) mass is 451 g/mol. The fourth-order valence-electron chi connectivity index (χ4n) is 4.74. The highest BCUT2D eigenvalue weighted by Crippen LogP contribution is 2.31. The minimum absolute atomic E-state index is 0.126. The first-order valence-corrected chi connectivity index (χ1v) is 11.8. The SMILES string of the molecule is COc1cccc([C@@H]2CCc3nc(C(=O)N[C@@H](Cc4ccccc4)c4ccccc4)cn3C2)c1. The standard InChI is InChI=1S/C29H29N3O2/c1-34-25-14-8-13-23(18-25)24-15-16-28-30-27(20-32(28)19-24)29(33)31-26(22-11-6-3-7-12-22)17-21-9-4-2-5-10-21/h2-14,18,20,24,26H,15-17,19H2,1H3,(H,31,33)/t24-,26+/m1/s1. The number of carbonyl (C=O) groups excluding carboxylic acids is 1. The lowest BCUT2D eigenvalue weighted by Gasteiger charge is -2.24. The number of ether oxygens (including phenoxy) is 1. The summed E-state index contributed by atoms with van der Waals surface area (Å²) in [5.41, 5.74) is 4.01. The van der Waals surface area contributed by atoms with Gasteiger partial charge in [0.15, 0.2) is 0 Å². The van der Waals surface area contributed by atoms with Crippen LogP contribution in [0.15, 0.2) is 91.1 Å². The molecule has 1 aliphatic heterocycles. The third-order valence-electron chi connectivity index (χ3n) is 6.58. The molecule has 5 nitrogen and oxygen atoms in total. The summed E-state index contributed by atoms with van der Waals surface area (Å²) in [6, 6.07) is 28.5. The number of aromatic nitrogens is 2. The number of carbonyl (C=O) groups is 1. The van der Waals surface area contributed by atoms with Gasteiger partial charge >= 0.3 is 0 Å². The normalized spacial score (nSPS) is 15.9. The van der Waals surface area contributed by atoms with Crippen LogP contribution in [0.4, 0.5) is 0 Å². The molecule has 5 heteroatoms. The lowest BCUT2D eigenvalue weighted by atomic mass is 9.91. The Bertz CT molecular complexity index is 1250. The molecule has 2 atom stereocenters. The highest BCUT2D eigenvalue weighted by atomic mass is 16.5. The molecule has 3 aromatic carbocycles. The van der Waals surface area contributed by atoms with Gasteiger partial charge in [-0.2, -0.15) is 0 Å². The molecule has 34 heavy (non-hydrogen) atoms. The number of fused-ring (bicyclic) bond motifs is 1. The second-order valence-corrected chi connectivity index (χ2v) is 8.83. The molecule has 1 aliphatic rings.